The van der Waals surface area contributed by atoms with Crippen LogP contribution in [0.25, 0.3) is 0 Å². The molecule has 0 radical (unpaired) electrons. The summed E-state index contributed by atoms with van der Waals surface area (Å²) in [6.07, 6.45) is -1.17. The highest BCUT2D eigenvalue weighted by atomic mass is 31.1. The molecule has 0 amide bonds. The zero-order valence-electron chi connectivity index (χ0n) is 4.22. The molecule has 0 saturated heterocycles. The lowest BCUT2D eigenvalue weighted by Crippen LogP contribution is -1.92. The second kappa shape index (κ2) is 6.94. The molecular formula is C2H8O5P+. The van der Waals surface area contributed by atoms with Crippen LogP contribution in [0.15, 0.2) is 0 Å². The topological polar surface area (TPSA) is 98.0 Å². The Labute approximate surface area is 47.2 Å². The third kappa shape index (κ3) is 40300. The van der Waals surface area contributed by atoms with E-state index in [1.807, 2.05) is 0 Å². The first kappa shape index (κ1) is 10.8. The summed E-state index contributed by atoms with van der Waals surface area (Å²) in [5, 5.41) is 15.2. The summed E-state index contributed by atoms with van der Waals surface area (Å²) in [5.41, 5.74) is 0. The van der Waals surface area contributed by atoms with Crippen molar-refractivity contribution in [1.29, 1.82) is 0 Å². The van der Waals surface area contributed by atoms with Crippen molar-refractivity contribution >= 4 is 8.25 Å². The highest BCUT2D eigenvalue weighted by Gasteiger charge is 1.93. The van der Waals surface area contributed by atoms with E-state index in [2.05, 4.69) is 0 Å². The molecule has 0 aromatic carbocycles. The van der Waals surface area contributed by atoms with E-state index in [0.717, 1.165) is 0 Å². The van der Waals surface area contributed by atoms with Gasteiger partial charge >= 0.3 is 8.25 Å². The summed E-state index contributed by atoms with van der Waals surface area (Å²) < 4.78 is 8.70. The van der Waals surface area contributed by atoms with Gasteiger partial charge in [-0.05, 0) is 6.92 Å². The molecule has 0 spiro atoms. The van der Waals surface area contributed by atoms with Gasteiger partial charge in [0, 0.05) is 4.57 Å². The first-order valence-corrected chi connectivity index (χ1v) is 2.84. The van der Waals surface area contributed by atoms with Crippen LogP contribution >= 0.6 is 8.25 Å². The van der Waals surface area contributed by atoms with Gasteiger partial charge in [-0.1, -0.05) is 0 Å². The molecule has 50 valence electrons. The van der Waals surface area contributed by atoms with Crippen molar-refractivity contribution < 1.29 is 24.6 Å². The lowest BCUT2D eigenvalue weighted by molar-refractivity contribution is -0.0228. The molecular weight excluding hydrogens is 135 g/mol. The summed E-state index contributed by atoms with van der Waals surface area (Å²) in [5.74, 6) is 0. The maximum atomic E-state index is 8.70. The van der Waals surface area contributed by atoms with Crippen molar-refractivity contribution in [2.75, 3.05) is 0 Å². The van der Waals surface area contributed by atoms with Crippen molar-refractivity contribution in [2.45, 2.75) is 13.2 Å². The molecule has 0 aliphatic rings. The van der Waals surface area contributed by atoms with Crippen LogP contribution in [-0.2, 0) is 4.57 Å². The SMILES string of the molecule is CC(O)O.O=[P+](O)O. The van der Waals surface area contributed by atoms with Gasteiger partial charge < -0.3 is 10.2 Å². The van der Waals surface area contributed by atoms with E-state index < -0.39 is 14.5 Å². The Morgan fingerprint density at radius 2 is 1.38 bits per heavy atom. The first-order chi connectivity index (χ1) is 3.46. The van der Waals surface area contributed by atoms with Crippen molar-refractivity contribution in [3.63, 3.8) is 0 Å². The molecule has 0 atom stereocenters. The van der Waals surface area contributed by atoms with E-state index in [9.17, 15) is 0 Å². The highest BCUT2D eigenvalue weighted by molar-refractivity contribution is 7.30. The van der Waals surface area contributed by atoms with Crippen LogP contribution in [0.3, 0.4) is 0 Å². The van der Waals surface area contributed by atoms with Crippen molar-refractivity contribution in [3.8, 4) is 0 Å². The fraction of sp³-hybridized carbons (Fsp3) is 1.00. The molecule has 6 heteroatoms. The maximum absolute atomic E-state index is 8.70. The minimum Gasteiger partial charge on any atom is -0.368 e. The Morgan fingerprint density at radius 3 is 1.38 bits per heavy atom. The van der Waals surface area contributed by atoms with Crippen LogP contribution in [0.4, 0.5) is 0 Å². The quantitative estimate of drug-likeness (QED) is 0.256. The number of hydrogen-bond donors (Lipinski definition) is 4. The fourth-order valence-electron chi connectivity index (χ4n) is 0. The average molecular weight is 143 g/mol. The Balaban J connectivity index is 0. The number of rotatable bonds is 0. The minimum atomic E-state index is -2.87. The third-order valence-corrected chi connectivity index (χ3v) is 0. The van der Waals surface area contributed by atoms with E-state index in [4.69, 9.17) is 24.6 Å². The largest absolute Gasteiger partial charge is 0.692 e. The second-order valence-electron chi connectivity index (χ2n) is 0.885. The number of hydrogen-bond acceptors (Lipinski definition) is 3. The van der Waals surface area contributed by atoms with Gasteiger partial charge in [0.1, 0.15) is 6.29 Å². The standard InChI is InChI=1S/C2H6O2.HO3P/c1-2(3)4;1-4(2)3/h2-4H,1H3;(H-,1,2,3)/p+1. The monoisotopic (exact) mass is 143 g/mol. The van der Waals surface area contributed by atoms with Gasteiger partial charge in [-0.25, -0.2) is 0 Å². The van der Waals surface area contributed by atoms with Gasteiger partial charge in [0.2, 0.25) is 0 Å². The maximum Gasteiger partial charge on any atom is 0.692 e. The lowest BCUT2D eigenvalue weighted by Gasteiger charge is -1.80. The molecule has 0 heterocycles. The molecule has 4 N–H and O–H groups in total. The molecule has 8 heavy (non-hydrogen) atoms. The summed E-state index contributed by atoms with van der Waals surface area (Å²) in [4.78, 5) is 14.2. The Bertz CT molecular complexity index is 54.7. The molecule has 0 saturated carbocycles. The summed E-state index contributed by atoms with van der Waals surface area (Å²) in [7, 11) is -2.87. The molecule has 0 aliphatic heterocycles. The van der Waals surface area contributed by atoms with E-state index in [-0.39, 0.29) is 0 Å². The van der Waals surface area contributed by atoms with Crippen molar-refractivity contribution in [1.82, 2.24) is 0 Å². The van der Waals surface area contributed by atoms with Crippen LogP contribution < -0.4 is 0 Å². The van der Waals surface area contributed by atoms with E-state index in [1.54, 1.807) is 0 Å². The van der Waals surface area contributed by atoms with Gasteiger partial charge in [-0.2, -0.15) is 0 Å². The van der Waals surface area contributed by atoms with Gasteiger partial charge in [0.25, 0.3) is 0 Å². The average Bonchev–Trinajstić information content (AvgIpc) is 1.25. The molecule has 0 unspecified atom stereocenters. The first-order valence-electron chi connectivity index (χ1n) is 1.68. The van der Waals surface area contributed by atoms with Crippen LogP contribution in [0, 0.1) is 0 Å². The molecule has 5 nitrogen and oxygen atoms in total. The van der Waals surface area contributed by atoms with Gasteiger partial charge in [0.15, 0.2) is 0 Å². The normalized spacial score (nSPS) is 7.75. The third-order valence-electron chi connectivity index (χ3n) is 0. The van der Waals surface area contributed by atoms with Crippen LogP contribution in [0.1, 0.15) is 6.92 Å². The van der Waals surface area contributed by atoms with Crippen LogP contribution in [-0.4, -0.2) is 26.3 Å². The van der Waals surface area contributed by atoms with Crippen molar-refractivity contribution in [3.05, 3.63) is 0 Å². The van der Waals surface area contributed by atoms with E-state index in [1.165, 1.54) is 6.92 Å². The number of aliphatic hydroxyl groups excluding tert-OH is 1. The van der Waals surface area contributed by atoms with Gasteiger partial charge in [-0.3, -0.25) is 0 Å². The Morgan fingerprint density at radius 1 is 1.38 bits per heavy atom. The van der Waals surface area contributed by atoms with Crippen LogP contribution in [0.5, 0.6) is 0 Å². The summed E-state index contributed by atoms with van der Waals surface area (Å²) in [6, 6.07) is 0. The molecule has 0 rings (SSSR count). The Kier molecular flexibility index (Phi) is 9.40. The number of aliphatic hydroxyl groups is 2. The summed E-state index contributed by atoms with van der Waals surface area (Å²) in [6.45, 7) is 1.28. The highest BCUT2D eigenvalue weighted by Crippen LogP contribution is 1.98. The van der Waals surface area contributed by atoms with Crippen molar-refractivity contribution in [2.24, 2.45) is 0 Å². The second-order valence-corrected chi connectivity index (χ2v) is 1.39. The minimum absolute atomic E-state index is 1.17. The molecule has 0 aromatic rings. The van der Waals surface area contributed by atoms with E-state index in [0.29, 0.717) is 0 Å². The molecule has 0 aliphatic carbocycles. The predicted octanol–water partition coefficient (Wildman–Crippen LogP) is -1.05. The molecule has 0 aromatic heterocycles. The van der Waals surface area contributed by atoms with Crippen LogP contribution in [0.2, 0.25) is 0 Å². The zero-order chi connectivity index (χ0) is 7.15. The zero-order valence-corrected chi connectivity index (χ0v) is 5.12. The predicted molar refractivity (Wildman–Crippen MR) is 25.9 cm³/mol. The summed E-state index contributed by atoms with van der Waals surface area (Å²) >= 11 is 0. The van der Waals surface area contributed by atoms with E-state index >= 15 is 0 Å². The van der Waals surface area contributed by atoms with Gasteiger partial charge in [0.05, 0.1) is 0 Å². The molecule has 0 bridgehead atoms. The Hall–Kier alpha value is -0.0600. The lowest BCUT2D eigenvalue weighted by atomic mass is 10.8. The fourth-order valence-corrected chi connectivity index (χ4v) is 0. The molecule has 0 fully saturated rings. The smallest absolute Gasteiger partial charge is 0.368 e. The van der Waals surface area contributed by atoms with Gasteiger partial charge in [-0.15, -0.1) is 9.79 Å².